The van der Waals surface area contributed by atoms with E-state index in [-0.39, 0.29) is 22.7 Å². The molecule has 0 saturated carbocycles. The molecule has 0 N–H and O–H groups in total. The molecule has 0 aliphatic carbocycles. The monoisotopic (exact) mass is 362 g/mol. The number of non-ortho nitro benzene ring substituents is 2. The molecule has 2 aromatic carbocycles. The molecule has 0 aliphatic rings. The van der Waals surface area contributed by atoms with Crippen molar-refractivity contribution in [1.82, 2.24) is 0 Å². The number of carbonyl (C=O) groups excluding carboxylic acids is 2. The second-order valence-electron chi connectivity index (χ2n) is 4.45. The third-order valence-electron chi connectivity index (χ3n) is 2.85. The molecule has 0 atom stereocenters. The minimum absolute atomic E-state index is 0.0272. The Kier molecular flexibility index (Phi) is 7.11. The molecule has 0 saturated heterocycles. The van der Waals surface area contributed by atoms with Gasteiger partial charge in [0.2, 0.25) is 0 Å². The predicted octanol–water partition coefficient (Wildman–Crippen LogP) is 3.94. The van der Waals surface area contributed by atoms with E-state index in [4.69, 9.17) is 11.6 Å². The zero-order valence-electron chi connectivity index (χ0n) is 12.6. The van der Waals surface area contributed by atoms with Crippen LogP contribution >= 0.6 is 11.6 Å². The number of hydrogen-bond acceptors (Lipinski definition) is 6. The van der Waals surface area contributed by atoms with Gasteiger partial charge >= 0.3 is 0 Å². The first-order valence-corrected chi connectivity index (χ1v) is 6.99. The Labute approximate surface area is 146 Å². The first kappa shape index (κ1) is 19.7. The number of allylic oxidation sites excluding steroid dienone is 1. The third-order valence-corrected chi connectivity index (χ3v) is 3.07. The summed E-state index contributed by atoms with van der Waals surface area (Å²) in [5.41, 5.74) is 0.570. The number of nitro benzene ring substituents is 2. The van der Waals surface area contributed by atoms with Gasteiger partial charge in [0, 0.05) is 35.4 Å². The van der Waals surface area contributed by atoms with Gasteiger partial charge in [0.1, 0.15) is 0 Å². The molecule has 0 radical (unpaired) electrons. The lowest BCUT2D eigenvalue weighted by Gasteiger charge is -1.94. The predicted molar refractivity (Wildman–Crippen MR) is 90.9 cm³/mol. The van der Waals surface area contributed by atoms with Gasteiger partial charge in [0.15, 0.2) is 5.78 Å². The van der Waals surface area contributed by atoms with E-state index >= 15 is 0 Å². The zero-order chi connectivity index (χ0) is 19.0. The molecule has 128 valence electrons. The topological polar surface area (TPSA) is 120 Å². The zero-order valence-corrected chi connectivity index (χ0v) is 13.4. The van der Waals surface area contributed by atoms with Crippen molar-refractivity contribution in [3.8, 4) is 0 Å². The molecule has 0 amide bonds. The lowest BCUT2D eigenvalue weighted by atomic mass is 10.1. The van der Waals surface area contributed by atoms with Gasteiger partial charge in [-0.25, -0.2) is 0 Å². The van der Waals surface area contributed by atoms with Gasteiger partial charge in [-0.3, -0.25) is 29.8 Å². The largest absolute Gasteiger partial charge is 0.289 e. The van der Waals surface area contributed by atoms with Gasteiger partial charge in [-0.15, -0.1) is 0 Å². The quantitative estimate of drug-likeness (QED) is 0.261. The van der Waals surface area contributed by atoms with E-state index in [1.54, 1.807) is 0 Å². The number of nitro groups is 2. The highest BCUT2D eigenvalue weighted by Gasteiger charge is 2.07. The fraction of sp³-hybridized carbons (Fsp3) is 0. The van der Waals surface area contributed by atoms with E-state index in [0.717, 1.165) is 0 Å². The SMILES string of the molecule is C=CC(=O)c1ccc([N+](=O)[O-])cc1.O=C(Cl)c1ccc([N+](=O)[O-])cc1. The Morgan fingerprint density at radius 1 is 0.840 bits per heavy atom. The number of rotatable bonds is 5. The summed E-state index contributed by atoms with van der Waals surface area (Å²) in [6.07, 6.45) is 1.17. The van der Waals surface area contributed by atoms with Crippen LogP contribution in [0.25, 0.3) is 0 Å². The molecule has 0 bridgehead atoms. The van der Waals surface area contributed by atoms with Crippen molar-refractivity contribution in [2.45, 2.75) is 0 Å². The molecule has 0 heterocycles. The average Bonchev–Trinajstić information content (AvgIpc) is 2.61. The molecule has 0 spiro atoms. The van der Waals surface area contributed by atoms with Crippen LogP contribution in [-0.4, -0.2) is 20.9 Å². The first-order valence-electron chi connectivity index (χ1n) is 6.61. The summed E-state index contributed by atoms with van der Waals surface area (Å²) in [5, 5.41) is 19.8. The molecule has 0 aliphatic heterocycles. The number of halogens is 1. The Hall–Kier alpha value is -3.39. The summed E-state index contributed by atoms with van der Waals surface area (Å²) in [6, 6.07) is 10.5. The Bertz CT molecular complexity index is 783. The second-order valence-corrected chi connectivity index (χ2v) is 4.79. The summed E-state index contributed by atoms with van der Waals surface area (Å²) in [4.78, 5) is 40.9. The van der Waals surface area contributed by atoms with Crippen LogP contribution in [0.3, 0.4) is 0 Å². The lowest BCUT2D eigenvalue weighted by Crippen LogP contribution is -1.94. The van der Waals surface area contributed by atoms with E-state index in [1.807, 2.05) is 0 Å². The number of benzene rings is 2. The summed E-state index contributed by atoms with van der Waals surface area (Å²) in [6.45, 7) is 3.31. The molecule has 2 rings (SSSR count). The maximum atomic E-state index is 11.0. The Balaban J connectivity index is 0.000000251. The van der Waals surface area contributed by atoms with Crippen molar-refractivity contribution in [3.05, 3.63) is 92.5 Å². The number of hydrogen-bond donors (Lipinski definition) is 0. The molecule has 0 unspecified atom stereocenters. The fourth-order valence-electron chi connectivity index (χ4n) is 1.58. The van der Waals surface area contributed by atoms with Crippen LogP contribution < -0.4 is 0 Å². The third kappa shape index (κ3) is 5.96. The summed E-state index contributed by atoms with van der Waals surface area (Å²) in [7, 11) is 0. The fourth-order valence-corrected chi connectivity index (χ4v) is 1.71. The minimum Gasteiger partial charge on any atom is -0.289 e. The van der Waals surface area contributed by atoms with Crippen LogP contribution in [0, 0.1) is 20.2 Å². The van der Waals surface area contributed by atoms with Crippen LogP contribution in [0.4, 0.5) is 11.4 Å². The molecule has 2 aromatic rings. The molecule has 25 heavy (non-hydrogen) atoms. The van der Waals surface area contributed by atoms with Gasteiger partial charge in [0.25, 0.3) is 16.6 Å². The van der Waals surface area contributed by atoms with E-state index in [9.17, 15) is 29.8 Å². The van der Waals surface area contributed by atoms with E-state index in [2.05, 4.69) is 6.58 Å². The van der Waals surface area contributed by atoms with Crippen LogP contribution in [0.1, 0.15) is 20.7 Å². The number of nitrogens with zero attached hydrogens (tertiary/aromatic N) is 2. The number of carbonyl (C=O) groups is 2. The highest BCUT2D eigenvalue weighted by Crippen LogP contribution is 2.13. The maximum Gasteiger partial charge on any atom is 0.269 e. The van der Waals surface area contributed by atoms with Crippen LogP contribution in [-0.2, 0) is 0 Å². The van der Waals surface area contributed by atoms with E-state index in [0.29, 0.717) is 5.56 Å². The highest BCUT2D eigenvalue weighted by atomic mass is 35.5. The van der Waals surface area contributed by atoms with Crippen molar-refractivity contribution in [2.75, 3.05) is 0 Å². The Morgan fingerprint density at radius 2 is 1.20 bits per heavy atom. The van der Waals surface area contributed by atoms with Gasteiger partial charge < -0.3 is 0 Å². The summed E-state index contributed by atoms with van der Waals surface area (Å²) >= 11 is 5.13. The van der Waals surface area contributed by atoms with Crippen LogP contribution in [0.5, 0.6) is 0 Å². The minimum atomic E-state index is -0.620. The van der Waals surface area contributed by atoms with Crippen molar-refractivity contribution in [1.29, 1.82) is 0 Å². The summed E-state index contributed by atoms with van der Waals surface area (Å²) in [5.74, 6) is -0.241. The van der Waals surface area contributed by atoms with Crippen molar-refractivity contribution >= 4 is 34.0 Å². The Morgan fingerprint density at radius 3 is 1.48 bits per heavy atom. The molecule has 0 aromatic heterocycles. The summed E-state index contributed by atoms with van der Waals surface area (Å²) < 4.78 is 0. The second kappa shape index (κ2) is 9.04. The lowest BCUT2D eigenvalue weighted by molar-refractivity contribution is -0.385. The van der Waals surface area contributed by atoms with Crippen LogP contribution in [0.2, 0.25) is 0 Å². The van der Waals surface area contributed by atoms with Gasteiger partial charge in [0.05, 0.1) is 9.85 Å². The van der Waals surface area contributed by atoms with E-state index in [1.165, 1.54) is 54.6 Å². The number of ketones is 1. The highest BCUT2D eigenvalue weighted by molar-refractivity contribution is 6.67. The average molecular weight is 363 g/mol. The molecule has 0 fully saturated rings. The molecular formula is C16H11ClN2O6. The molecule has 8 nitrogen and oxygen atoms in total. The molecule has 9 heteroatoms. The van der Waals surface area contributed by atoms with Gasteiger partial charge in [-0.1, -0.05) is 6.58 Å². The van der Waals surface area contributed by atoms with Gasteiger partial charge in [-0.05, 0) is 41.9 Å². The van der Waals surface area contributed by atoms with Crippen molar-refractivity contribution < 1.29 is 19.4 Å². The van der Waals surface area contributed by atoms with Gasteiger partial charge in [-0.2, -0.15) is 0 Å². The van der Waals surface area contributed by atoms with Crippen molar-refractivity contribution in [2.24, 2.45) is 0 Å². The smallest absolute Gasteiger partial charge is 0.269 e. The molecular weight excluding hydrogens is 352 g/mol. The van der Waals surface area contributed by atoms with Crippen LogP contribution in [0.15, 0.2) is 61.2 Å². The van der Waals surface area contributed by atoms with E-state index < -0.39 is 15.1 Å². The first-order chi connectivity index (χ1) is 11.8. The van der Waals surface area contributed by atoms with Crippen molar-refractivity contribution in [3.63, 3.8) is 0 Å². The normalized spacial score (nSPS) is 9.32. The standard InChI is InChI=1S/C9H7NO3.C7H4ClNO3/c1-2-9(11)7-3-5-8(6-4-7)10(12)13;8-7(10)5-1-3-6(4-2-5)9(11)12/h2-6H,1H2;1-4H. The maximum absolute atomic E-state index is 11.0.